The van der Waals surface area contributed by atoms with Gasteiger partial charge in [-0.15, -0.1) is 6.42 Å². The molecule has 0 aliphatic carbocycles. The van der Waals surface area contributed by atoms with Gasteiger partial charge in [-0.25, -0.2) is 9.97 Å². The third kappa shape index (κ3) is 5.14. The van der Waals surface area contributed by atoms with Gasteiger partial charge in [-0.1, -0.05) is 12.0 Å². The van der Waals surface area contributed by atoms with Crippen molar-refractivity contribution in [1.29, 1.82) is 0 Å². The van der Waals surface area contributed by atoms with E-state index in [1.165, 1.54) is 6.33 Å². The number of nitrogens with one attached hydrogen (secondary N) is 1. The number of carboxylic acids is 1. The van der Waals surface area contributed by atoms with Crippen molar-refractivity contribution in [3.63, 3.8) is 0 Å². The first-order valence-corrected chi connectivity index (χ1v) is 9.11. The maximum absolute atomic E-state index is 10.6. The molecule has 3 aromatic rings. The van der Waals surface area contributed by atoms with Gasteiger partial charge < -0.3 is 19.9 Å². The number of carboxylic acid groups (broad SMARTS) is 1. The molecular weight excluding hydrogens is 370 g/mol. The summed E-state index contributed by atoms with van der Waals surface area (Å²) in [5.74, 6) is 3.51. The molecule has 0 spiro atoms. The Hall–Kier alpha value is -3.79. The Morgan fingerprint density at radius 2 is 2.07 bits per heavy atom. The number of ether oxygens (including phenoxy) is 2. The first kappa shape index (κ1) is 20.0. The van der Waals surface area contributed by atoms with E-state index in [0.717, 1.165) is 16.6 Å². The summed E-state index contributed by atoms with van der Waals surface area (Å²) in [5, 5.41) is 12.8. The van der Waals surface area contributed by atoms with E-state index in [4.69, 9.17) is 21.0 Å². The van der Waals surface area contributed by atoms with Gasteiger partial charge in [0.05, 0.1) is 19.2 Å². The summed E-state index contributed by atoms with van der Waals surface area (Å²) in [6, 6.07) is 11.1. The molecule has 0 fully saturated rings. The molecule has 7 nitrogen and oxygen atoms in total. The summed E-state index contributed by atoms with van der Waals surface area (Å²) in [5.41, 5.74) is 2.28. The van der Waals surface area contributed by atoms with Crippen LogP contribution < -0.4 is 14.8 Å². The number of fused-ring (bicyclic) bond motifs is 1. The van der Waals surface area contributed by atoms with Gasteiger partial charge in [0.1, 0.15) is 12.1 Å². The Labute approximate surface area is 168 Å². The zero-order valence-corrected chi connectivity index (χ0v) is 16.0. The van der Waals surface area contributed by atoms with Crippen LogP contribution in [0.25, 0.3) is 10.9 Å². The zero-order chi connectivity index (χ0) is 20.6. The second-order valence-electron chi connectivity index (χ2n) is 6.29. The van der Waals surface area contributed by atoms with Crippen molar-refractivity contribution >= 4 is 28.4 Å². The van der Waals surface area contributed by atoms with Crippen LogP contribution in [-0.2, 0) is 4.79 Å². The number of methoxy groups -OCH3 is 1. The van der Waals surface area contributed by atoms with Crippen molar-refractivity contribution in [2.24, 2.45) is 0 Å². The summed E-state index contributed by atoms with van der Waals surface area (Å²) in [6.07, 6.45) is 8.24. The molecule has 0 bridgehead atoms. The van der Waals surface area contributed by atoms with Crippen molar-refractivity contribution < 1.29 is 19.4 Å². The van der Waals surface area contributed by atoms with Gasteiger partial charge in [0.15, 0.2) is 11.5 Å². The number of aromatic nitrogens is 2. The van der Waals surface area contributed by atoms with Gasteiger partial charge in [0, 0.05) is 29.1 Å². The van der Waals surface area contributed by atoms with Gasteiger partial charge in [0.2, 0.25) is 0 Å². The molecule has 29 heavy (non-hydrogen) atoms. The van der Waals surface area contributed by atoms with E-state index in [0.29, 0.717) is 42.3 Å². The minimum atomic E-state index is -0.810. The maximum Gasteiger partial charge on any atom is 0.303 e. The van der Waals surface area contributed by atoms with E-state index in [1.54, 1.807) is 13.2 Å². The number of aliphatic carboxylic acids is 1. The van der Waals surface area contributed by atoms with Crippen LogP contribution in [-0.4, -0.2) is 34.8 Å². The lowest BCUT2D eigenvalue weighted by Crippen LogP contribution is -2.02. The fraction of sp³-hybridized carbons (Fsp3) is 0.227. The number of hydrogen-bond acceptors (Lipinski definition) is 6. The number of anilines is 2. The average molecular weight is 391 g/mol. The second kappa shape index (κ2) is 9.42. The third-order valence-corrected chi connectivity index (χ3v) is 4.26. The first-order chi connectivity index (χ1) is 14.1. The smallest absolute Gasteiger partial charge is 0.303 e. The molecular formula is C22H21N3O4. The number of hydrogen-bond donors (Lipinski definition) is 2. The molecule has 0 saturated carbocycles. The van der Waals surface area contributed by atoms with Crippen molar-refractivity contribution in [3.8, 4) is 23.8 Å². The largest absolute Gasteiger partial charge is 0.493 e. The topological polar surface area (TPSA) is 93.6 Å². The van der Waals surface area contributed by atoms with Gasteiger partial charge in [-0.3, -0.25) is 4.79 Å². The minimum absolute atomic E-state index is 0.122. The molecule has 0 radical (unpaired) electrons. The summed E-state index contributed by atoms with van der Waals surface area (Å²) in [4.78, 5) is 19.3. The Balaban J connectivity index is 1.85. The second-order valence-corrected chi connectivity index (χ2v) is 6.29. The molecule has 7 heteroatoms. The van der Waals surface area contributed by atoms with Gasteiger partial charge in [-0.05, 0) is 37.1 Å². The van der Waals surface area contributed by atoms with Gasteiger partial charge in [0.25, 0.3) is 0 Å². The molecule has 1 aromatic heterocycles. The van der Waals surface area contributed by atoms with Crippen LogP contribution in [0.15, 0.2) is 42.7 Å². The normalized spacial score (nSPS) is 10.3. The van der Waals surface area contributed by atoms with E-state index < -0.39 is 5.97 Å². The fourth-order valence-electron chi connectivity index (χ4n) is 2.82. The highest BCUT2D eigenvalue weighted by molar-refractivity contribution is 5.93. The average Bonchev–Trinajstić information content (AvgIpc) is 2.73. The number of rotatable bonds is 9. The lowest BCUT2D eigenvalue weighted by atomic mass is 10.2. The maximum atomic E-state index is 10.6. The van der Waals surface area contributed by atoms with Crippen molar-refractivity contribution in [1.82, 2.24) is 9.97 Å². The van der Waals surface area contributed by atoms with Crippen LogP contribution in [0.2, 0.25) is 0 Å². The highest BCUT2D eigenvalue weighted by Gasteiger charge is 2.12. The quantitative estimate of drug-likeness (QED) is 0.421. The fourth-order valence-corrected chi connectivity index (χ4v) is 2.82. The number of unbranched alkanes of at least 4 members (excludes halogenated alkanes) is 1. The molecule has 0 atom stereocenters. The predicted molar refractivity (Wildman–Crippen MR) is 111 cm³/mol. The summed E-state index contributed by atoms with van der Waals surface area (Å²) >= 11 is 0. The van der Waals surface area contributed by atoms with Crippen LogP contribution in [0.3, 0.4) is 0 Å². The van der Waals surface area contributed by atoms with Crippen LogP contribution in [0.1, 0.15) is 24.8 Å². The highest BCUT2D eigenvalue weighted by atomic mass is 16.5. The highest BCUT2D eigenvalue weighted by Crippen LogP contribution is 2.34. The number of benzene rings is 2. The number of terminal acetylenes is 1. The molecule has 0 unspecified atom stereocenters. The number of carbonyl (C=O) groups is 1. The van der Waals surface area contributed by atoms with E-state index in [2.05, 4.69) is 21.2 Å². The molecule has 0 aliphatic rings. The molecule has 3 rings (SSSR count). The van der Waals surface area contributed by atoms with Crippen LogP contribution in [0, 0.1) is 12.3 Å². The van der Waals surface area contributed by atoms with Gasteiger partial charge in [-0.2, -0.15) is 0 Å². The lowest BCUT2D eigenvalue weighted by Gasteiger charge is -2.14. The first-order valence-electron chi connectivity index (χ1n) is 9.11. The molecule has 2 N–H and O–H groups in total. The SMILES string of the molecule is C#Cc1cccc(Nc2ncnc3cc(OC)c(OCCCCC(=O)O)cc23)c1. The van der Waals surface area contributed by atoms with Crippen molar-refractivity contribution in [2.75, 3.05) is 19.0 Å². The van der Waals surface area contributed by atoms with Crippen molar-refractivity contribution in [3.05, 3.63) is 48.3 Å². The minimum Gasteiger partial charge on any atom is -0.493 e. The Morgan fingerprint density at radius 3 is 2.83 bits per heavy atom. The molecule has 148 valence electrons. The summed E-state index contributed by atoms with van der Waals surface area (Å²) in [7, 11) is 1.56. The molecule has 0 saturated heterocycles. The molecule has 2 aromatic carbocycles. The summed E-state index contributed by atoms with van der Waals surface area (Å²) < 4.78 is 11.2. The standard InChI is InChI=1S/C22H21N3O4/c1-3-15-7-6-8-16(11-15)25-22-17-12-20(29-10-5-4-9-21(26)27)19(28-2)13-18(17)23-14-24-22/h1,6-8,11-14H,4-5,9-10H2,2H3,(H,26,27)(H,23,24,25). The van der Waals surface area contributed by atoms with E-state index in [1.807, 2.05) is 30.3 Å². The Kier molecular flexibility index (Phi) is 6.48. The lowest BCUT2D eigenvalue weighted by molar-refractivity contribution is -0.137. The monoisotopic (exact) mass is 391 g/mol. The molecule has 0 aliphatic heterocycles. The van der Waals surface area contributed by atoms with E-state index in [9.17, 15) is 4.79 Å². The third-order valence-electron chi connectivity index (χ3n) is 4.26. The van der Waals surface area contributed by atoms with Crippen LogP contribution in [0.4, 0.5) is 11.5 Å². The predicted octanol–water partition coefficient (Wildman–Crippen LogP) is 4.00. The zero-order valence-electron chi connectivity index (χ0n) is 16.0. The van der Waals surface area contributed by atoms with E-state index >= 15 is 0 Å². The summed E-state index contributed by atoms with van der Waals surface area (Å²) in [6.45, 7) is 0.385. The van der Waals surface area contributed by atoms with Gasteiger partial charge >= 0.3 is 5.97 Å². The Bertz CT molecular complexity index is 1060. The Morgan fingerprint density at radius 1 is 1.21 bits per heavy atom. The number of nitrogens with zero attached hydrogens (tertiary/aromatic N) is 2. The van der Waals surface area contributed by atoms with Crippen LogP contribution in [0.5, 0.6) is 11.5 Å². The molecule has 0 amide bonds. The van der Waals surface area contributed by atoms with E-state index in [-0.39, 0.29) is 6.42 Å². The van der Waals surface area contributed by atoms with Crippen LogP contribution >= 0.6 is 0 Å². The molecule has 1 heterocycles. The van der Waals surface area contributed by atoms with Crippen molar-refractivity contribution in [2.45, 2.75) is 19.3 Å².